The molecule has 0 radical (unpaired) electrons. The second kappa shape index (κ2) is 13.5. The first-order valence-electron chi connectivity index (χ1n) is 10.7. The number of hydrogen-bond acceptors (Lipinski definition) is 5. The Labute approximate surface area is 242 Å². The molecule has 37 heavy (non-hydrogen) atoms. The molecule has 190 valence electrons. The van der Waals surface area contributed by atoms with Crippen molar-refractivity contribution < 1.29 is 19.1 Å². The van der Waals surface area contributed by atoms with E-state index in [1.165, 1.54) is 12.1 Å². The molecule has 0 heterocycles. The van der Waals surface area contributed by atoms with E-state index in [1.807, 2.05) is 28.7 Å². The first-order valence-corrected chi connectivity index (χ1v) is 12.9. The number of para-hydroxylation sites is 1. The molecule has 0 saturated heterocycles. The summed E-state index contributed by atoms with van der Waals surface area (Å²) in [6.45, 7) is 1.83. The lowest BCUT2D eigenvalue weighted by Crippen LogP contribution is -2.20. The van der Waals surface area contributed by atoms with Gasteiger partial charge in [0.25, 0.3) is 11.8 Å². The summed E-state index contributed by atoms with van der Waals surface area (Å²) in [4.78, 5) is 25.1. The van der Waals surface area contributed by atoms with Crippen molar-refractivity contribution in [2.75, 3.05) is 23.8 Å². The van der Waals surface area contributed by atoms with E-state index in [9.17, 15) is 14.9 Å². The van der Waals surface area contributed by atoms with Crippen molar-refractivity contribution in [2.24, 2.45) is 0 Å². The fraction of sp³-hybridized carbons (Fsp3) is 0.115. The van der Waals surface area contributed by atoms with E-state index in [0.29, 0.717) is 53.7 Å². The summed E-state index contributed by atoms with van der Waals surface area (Å²) < 4.78 is 12.1. The van der Waals surface area contributed by atoms with Crippen LogP contribution in [0.2, 0.25) is 15.1 Å². The summed E-state index contributed by atoms with van der Waals surface area (Å²) in [6, 6.07) is 16.7. The number of anilines is 2. The highest BCUT2D eigenvalue weighted by atomic mass is 127. The molecule has 3 rings (SSSR count). The van der Waals surface area contributed by atoms with E-state index in [0.717, 1.165) is 0 Å². The highest BCUT2D eigenvalue weighted by Gasteiger charge is 2.16. The molecule has 0 bridgehead atoms. The second-order valence-electron chi connectivity index (χ2n) is 7.33. The highest BCUT2D eigenvalue weighted by Crippen LogP contribution is 2.35. The van der Waals surface area contributed by atoms with Crippen LogP contribution in [0.25, 0.3) is 6.08 Å². The lowest BCUT2D eigenvalue weighted by Gasteiger charge is -2.15. The first kappa shape index (κ1) is 28.6. The number of amides is 2. The number of carbonyl (C=O) groups excluding carboxylic acids is 2. The molecule has 0 spiro atoms. The standard InChI is InChI=1S/C26H19Cl3IN3O4/c1-2-36-23-11-15(9-16(13-31)26(35)33-22-6-4-3-5-19(22)28)10-21(30)25(23)37-14-24(34)32-17-7-8-18(27)20(29)12-17/h3-12H,2,14H2,1H3,(H,32,34)(H,33,35)/b16-9+. The molecule has 11 heteroatoms. The van der Waals surface area contributed by atoms with Crippen LogP contribution in [0.15, 0.2) is 60.2 Å². The lowest BCUT2D eigenvalue weighted by molar-refractivity contribution is -0.118. The molecule has 0 aliphatic heterocycles. The van der Waals surface area contributed by atoms with Gasteiger partial charge in [-0.2, -0.15) is 5.26 Å². The number of hydrogen-bond donors (Lipinski definition) is 2. The first-order chi connectivity index (χ1) is 17.7. The third kappa shape index (κ3) is 8.01. The van der Waals surface area contributed by atoms with Crippen molar-refractivity contribution in [3.63, 3.8) is 0 Å². The van der Waals surface area contributed by atoms with Gasteiger partial charge >= 0.3 is 0 Å². The lowest BCUT2D eigenvalue weighted by atomic mass is 10.1. The van der Waals surface area contributed by atoms with Gasteiger partial charge in [0.15, 0.2) is 18.1 Å². The largest absolute Gasteiger partial charge is 0.490 e. The fourth-order valence-electron chi connectivity index (χ4n) is 3.05. The molecule has 3 aromatic rings. The normalized spacial score (nSPS) is 10.9. The summed E-state index contributed by atoms with van der Waals surface area (Å²) in [5, 5.41) is 15.9. The maximum absolute atomic E-state index is 12.7. The fourth-order valence-corrected chi connectivity index (χ4v) is 4.31. The quantitative estimate of drug-likeness (QED) is 0.142. The van der Waals surface area contributed by atoms with Gasteiger partial charge in [0.1, 0.15) is 11.6 Å². The summed E-state index contributed by atoms with van der Waals surface area (Å²) in [6.07, 6.45) is 1.43. The van der Waals surface area contributed by atoms with E-state index in [-0.39, 0.29) is 12.2 Å². The van der Waals surface area contributed by atoms with Gasteiger partial charge in [0.05, 0.1) is 30.9 Å². The zero-order chi connectivity index (χ0) is 26.9. The third-order valence-electron chi connectivity index (χ3n) is 4.68. The minimum absolute atomic E-state index is 0.132. The summed E-state index contributed by atoms with van der Waals surface area (Å²) in [5.74, 6) is -0.318. The van der Waals surface area contributed by atoms with Gasteiger partial charge in [0, 0.05) is 5.69 Å². The Kier molecular flexibility index (Phi) is 10.5. The van der Waals surface area contributed by atoms with Crippen LogP contribution in [0.3, 0.4) is 0 Å². The molecule has 2 N–H and O–H groups in total. The number of nitrogens with one attached hydrogen (secondary N) is 2. The predicted octanol–water partition coefficient (Wildman–Crippen LogP) is 7.21. The predicted molar refractivity (Wildman–Crippen MR) is 155 cm³/mol. The minimum atomic E-state index is -0.608. The maximum Gasteiger partial charge on any atom is 0.266 e. The van der Waals surface area contributed by atoms with E-state index in [1.54, 1.807) is 55.5 Å². The molecule has 7 nitrogen and oxygen atoms in total. The van der Waals surface area contributed by atoms with Crippen molar-refractivity contribution in [1.82, 2.24) is 0 Å². The van der Waals surface area contributed by atoms with Crippen LogP contribution >= 0.6 is 57.4 Å². The van der Waals surface area contributed by atoms with Gasteiger partial charge < -0.3 is 20.1 Å². The van der Waals surface area contributed by atoms with Crippen LogP contribution in [0.4, 0.5) is 11.4 Å². The number of rotatable bonds is 9. The van der Waals surface area contributed by atoms with Crippen LogP contribution in [0.5, 0.6) is 11.5 Å². The molecule has 0 aromatic heterocycles. The number of halogens is 4. The molecule has 0 unspecified atom stereocenters. The summed E-state index contributed by atoms with van der Waals surface area (Å²) in [5.41, 5.74) is 1.27. The van der Waals surface area contributed by atoms with E-state index in [4.69, 9.17) is 44.3 Å². The molecule has 0 fully saturated rings. The monoisotopic (exact) mass is 669 g/mol. The summed E-state index contributed by atoms with van der Waals surface area (Å²) in [7, 11) is 0. The Morgan fingerprint density at radius 2 is 1.76 bits per heavy atom. The molecule has 0 aliphatic carbocycles. The van der Waals surface area contributed by atoms with Gasteiger partial charge in [-0.25, -0.2) is 0 Å². The third-order valence-corrected chi connectivity index (χ3v) is 6.55. The minimum Gasteiger partial charge on any atom is -0.490 e. The topological polar surface area (TPSA) is 100 Å². The van der Waals surface area contributed by atoms with Crippen molar-refractivity contribution in [3.05, 3.63) is 84.4 Å². The Hall–Kier alpha value is -2.97. The van der Waals surface area contributed by atoms with Crippen LogP contribution in [0, 0.1) is 14.9 Å². The number of carbonyl (C=O) groups is 2. The van der Waals surface area contributed by atoms with E-state index in [2.05, 4.69) is 10.6 Å². The number of nitrogens with zero attached hydrogens (tertiary/aromatic N) is 1. The number of ether oxygens (including phenoxy) is 2. The van der Waals surface area contributed by atoms with Crippen LogP contribution in [-0.4, -0.2) is 25.0 Å². The maximum atomic E-state index is 12.7. The van der Waals surface area contributed by atoms with Crippen LogP contribution < -0.4 is 20.1 Å². The van der Waals surface area contributed by atoms with Gasteiger partial charge in [-0.3, -0.25) is 9.59 Å². The molecular weight excluding hydrogens is 652 g/mol. The Morgan fingerprint density at radius 1 is 1.00 bits per heavy atom. The van der Waals surface area contributed by atoms with Crippen LogP contribution in [0.1, 0.15) is 12.5 Å². The smallest absolute Gasteiger partial charge is 0.266 e. The zero-order valence-electron chi connectivity index (χ0n) is 19.3. The molecule has 0 atom stereocenters. The summed E-state index contributed by atoms with van der Waals surface area (Å²) >= 11 is 20.0. The van der Waals surface area contributed by atoms with Crippen LogP contribution in [-0.2, 0) is 9.59 Å². The van der Waals surface area contributed by atoms with Gasteiger partial charge in [-0.1, -0.05) is 46.9 Å². The Balaban J connectivity index is 1.77. The SMILES string of the molecule is CCOc1cc(/C=C(\C#N)C(=O)Nc2ccccc2Cl)cc(I)c1OCC(=O)Nc1ccc(Cl)c(Cl)c1. The molecule has 3 aromatic carbocycles. The Morgan fingerprint density at radius 3 is 2.43 bits per heavy atom. The van der Waals surface area contributed by atoms with E-state index >= 15 is 0 Å². The highest BCUT2D eigenvalue weighted by molar-refractivity contribution is 14.1. The molecule has 2 amide bonds. The number of nitriles is 1. The van der Waals surface area contributed by atoms with Crippen molar-refractivity contribution >= 4 is 86.7 Å². The van der Waals surface area contributed by atoms with Crippen molar-refractivity contribution in [1.29, 1.82) is 5.26 Å². The van der Waals surface area contributed by atoms with E-state index < -0.39 is 11.8 Å². The second-order valence-corrected chi connectivity index (χ2v) is 9.72. The molecular formula is C26H19Cl3IN3O4. The van der Waals surface area contributed by atoms with Gasteiger partial charge in [0.2, 0.25) is 0 Å². The van der Waals surface area contributed by atoms with Gasteiger partial charge in [-0.05, 0) is 83.6 Å². The van der Waals surface area contributed by atoms with Crippen molar-refractivity contribution in [3.8, 4) is 17.6 Å². The average molecular weight is 671 g/mol. The zero-order valence-corrected chi connectivity index (χ0v) is 23.7. The molecule has 0 aliphatic rings. The number of benzene rings is 3. The molecule has 0 saturated carbocycles. The Bertz CT molecular complexity index is 1410. The van der Waals surface area contributed by atoms with Gasteiger partial charge in [-0.15, -0.1) is 0 Å². The average Bonchev–Trinajstić information content (AvgIpc) is 2.85. The van der Waals surface area contributed by atoms with Crippen molar-refractivity contribution in [2.45, 2.75) is 6.92 Å².